The number of benzene rings is 1. The van der Waals surface area contributed by atoms with E-state index in [0.717, 1.165) is 0 Å². The van der Waals surface area contributed by atoms with Crippen LogP contribution in [0, 0.1) is 12.8 Å². The first kappa shape index (κ1) is 15.0. The van der Waals surface area contributed by atoms with E-state index in [1.807, 2.05) is 13.8 Å². The maximum Gasteiger partial charge on any atom is 0.305 e. The van der Waals surface area contributed by atoms with Crippen molar-refractivity contribution >= 4 is 17.6 Å². The van der Waals surface area contributed by atoms with Gasteiger partial charge in [-0.3, -0.25) is 9.59 Å². The molecule has 1 aromatic carbocycles. The van der Waals surface area contributed by atoms with Crippen LogP contribution in [0.5, 0.6) is 0 Å². The summed E-state index contributed by atoms with van der Waals surface area (Å²) in [7, 11) is 0. The van der Waals surface area contributed by atoms with E-state index >= 15 is 0 Å². The molecule has 5 nitrogen and oxygen atoms in total. The minimum Gasteiger partial charge on any atom is -0.481 e. The third-order valence-corrected chi connectivity index (χ3v) is 3.14. The molecule has 1 amide bonds. The molecule has 1 rings (SSSR count). The van der Waals surface area contributed by atoms with Gasteiger partial charge >= 0.3 is 5.97 Å². The van der Waals surface area contributed by atoms with Gasteiger partial charge in [0.2, 0.25) is 0 Å². The molecule has 1 atom stereocenters. The van der Waals surface area contributed by atoms with Crippen LogP contribution in [0.4, 0.5) is 5.69 Å². The molecule has 0 radical (unpaired) electrons. The summed E-state index contributed by atoms with van der Waals surface area (Å²) < 4.78 is 0. The quantitative estimate of drug-likeness (QED) is 0.707. The Balaban J connectivity index is 2.88. The van der Waals surface area contributed by atoms with Gasteiger partial charge in [-0.2, -0.15) is 0 Å². The number of hydrogen-bond donors (Lipinski definition) is 3. The normalized spacial score (nSPS) is 12.2. The van der Waals surface area contributed by atoms with Gasteiger partial charge in [-0.05, 0) is 30.5 Å². The molecule has 0 bridgehead atoms. The summed E-state index contributed by atoms with van der Waals surface area (Å²) in [6, 6.07) is 4.72. The molecular weight excluding hydrogens is 244 g/mol. The molecular formula is C14H20N2O3. The largest absolute Gasteiger partial charge is 0.481 e. The molecule has 0 saturated heterocycles. The molecule has 1 aromatic rings. The molecule has 0 aliphatic rings. The average Bonchev–Trinajstić information content (AvgIpc) is 2.31. The number of anilines is 1. The summed E-state index contributed by atoms with van der Waals surface area (Å²) in [6.45, 7) is 5.52. The lowest BCUT2D eigenvalue weighted by atomic mass is 9.99. The first-order valence-corrected chi connectivity index (χ1v) is 6.20. The number of nitrogen functional groups attached to an aromatic ring is 1. The zero-order valence-corrected chi connectivity index (χ0v) is 11.4. The van der Waals surface area contributed by atoms with Crippen molar-refractivity contribution in [3.8, 4) is 0 Å². The number of amides is 1. The molecule has 0 aliphatic carbocycles. The summed E-state index contributed by atoms with van der Waals surface area (Å²) >= 11 is 0. The zero-order chi connectivity index (χ0) is 14.6. The molecule has 19 heavy (non-hydrogen) atoms. The highest BCUT2D eigenvalue weighted by molar-refractivity contribution is 5.97. The van der Waals surface area contributed by atoms with Gasteiger partial charge in [-0.25, -0.2) is 0 Å². The van der Waals surface area contributed by atoms with Crippen molar-refractivity contribution < 1.29 is 14.7 Å². The smallest absolute Gasteiger partial charge is 0.305 e. The first-order valence-electron chi connectivity index (χ1n) is 6.20. The van der Waals surface area contributed by atoms with Crippen molar-refractivity contribution in [1.29, 1.82) is 0 Å². The maximum absolute atomic E-state index is 12.2. The lowest BCUT2D eigenvalue weighted by molar-refractivity contribution is -0.137. The Morgan fingerprint density at radius 2 is 2.00 bits per heavy atom. The van der Waals surface area contributed by atoms with Crippen molar-refractivity contribution in [3.63, 3.8) is 0 Å². The Morgan fingerprint density at radius 3 is 2.53 bits per heavy atom. The predicted octanol–water partition coefficient (Wildman–Crippen LogP) is 1.81. The minimum absolute atomic E-state index is 0.0430. The summed E-state index contributed by atoms with van der Waals surface area (Å²) in [4.78, 5) is 22.9. The van der Waals surface area contributed by atoms with E-state index in [1.54, 1.807) is 25.1 Å². The molecule has 0 spiro atoms. The first-order chi connectivity index (χ1) is 8.82. The van der Waals surface area contributed by atoms with Crippen molar-refractivity contribution in [1.82, 2.24) is 5.32 Å². The monoisotopic (exact) mass is 264 g/mol. The molecule has 5 heteroatoms. The number of hydrogen-bond acceptors (Lipinski definition) is 3. The second-order valence-corrected chi connectivity index (χ2v) is 4.94. The van der Waals surface area contributed by atoms with Gasteiger partial charge < -0.3 is 16.2 Å². The summed E-state index contributed by atoms with van der Waals surface area (Å²) in [6.07, 6.45) is -0.0925. The highest BCUT2D eigenvalue weighted by Crippen LogP contribution is 2.16. The number of carboxylic acids is 1. The van der Waals surface area contributed by atoms with Crippen LogP contribution in [0.3, 0.4) is 0 Å². The molecule has 4 N–H and O–H groups in total. The molecule has 0 fully saturated rings. The van der Waals surface area contributed by atoms with Gasteiger partial charge in [-0.1, -0.05) is 19.9 Å². The van der Waals surface area contributed by atoms with Crippen LogP contribution in [0.2, 0.25) is 0 Å². The van der Waals surface area contributed by atoms with Gasteiger partial charge in [0.05, 0.1) is 6.42 Å². The average molecular weight is 264 g/mol. The van der Waals surface area contributed by atoms with Crippen LogP contribution in [0.1, 0.15) is 36.2 Å². The fourth-order valence-corrected chi connectivity index (χ4v) is 1.79. The van der Waals surface area contributed by atoms with Crippen LogP contribution < -0.4 is 11.1 Å². The Bertz CT molecular complexity index is 484. The SMILES string of the molecule is Cc1c(N)cccc1C(=O)NC(CC(=O)O)C(C)C. The second kappa shape index (κ2) is 6.22. The Morgan fingerprint density at radius 1 is 1.37 bits per heavy atom. The predicted molar refractivity (Wildman–Crippen MR) is 73.9 cm³/mol. The standard InChI is InChI=1S/C14H20N2O3/c1-8(2)12(7-13(17)18)16-14(19)10-5-4-6-11(15)9(10)3/h4-6,8,12H,7,15H2,1-3H3,(H,16,19)(H,17,18). The summed E-state index contributed by atoms with van der Waals surface area (Å²) in [5.74, 6) is -1.17. The summed E-state index contributed by atoms with van der Waals surface area (Å²) in [5.41, 5.74) is 7.49. The number of aliphatic carboxylic acids is 1. The van der Waals surface area contributed by atoms with Crippen molar-refractivity contribution in [2.45, 2.75) is 33.2 Å². The molecule has 0 aliphatic heterocycles. The van der Waals surface area contributed by atoms with Gasteiger partial charge in [-0.15, -0.1) is 0 Å². The summed E-state index contributed by atoms with van der Waals surface area (Å²) in [5, 5.41) is 11.6. The minimum atomic E-state index is -0.928. The van der Waals surface area contributed by atoms with E-state index < -0.39 is 12.0 Å². The number of carbonyl (C=O) groups is 2. The highest BCUT2D eigenvalue weighted by atomic mass is 16.4. The molecule has 0 heterocycles. The van der Waals surface area contributed by atoms with E-state index in [4.69, 9.17) is 10.8 Å². The number of carboxylic acid groups (broad SMARTS) is 1. The third kappa shape index (κ3) is 3.98. The zero-order valence-electron chi connectivity index (χ0n) is 11.4. The van der Waals surface area contributed by atoms with Gasteiger partial charge in [0.15, 0.2) is 0 Å². The van der Waals surface area contributed by atoms with Crippen LogP contribution in [-0.4, -0.2) is 23.0 Å². The van der Waals surface area contributed by atoms with E-state index in [9.17, 15) is 9.59 Å². The fourth-order valence-electron chi connectivity index (χ4n) is 1.79. The van der Waals surface area contributed by atoms with Crippen LogP contribution >= 0.6 is 0 Å². The number of nitrogens with two attached hydrogens (primary N) is 1. The Kier molecular flexibility index (Phi) is 4.92. The lowest BCUT2D eigenvalue weighted by Gasteiger charge is -2.21. The molecule has 104 valence electrons. The second-order valence-electron chi connectivity index (χ2n) is 4.94. The Hall–Kier alpha value is -2.04. The van der Waals surface area contributed by atoms with Crippen molar-refractivity contribution in [3.05, 3.63) is 29.3 Å². The fraction of sp³-hybridized carbons (Fsp3) is 0.429. The van der Waals surface area contributed by atoms with Crippen molar-refractivity contribution in [2.24, 2.45) is 5.92 Å². The molecule has 0 aromatic heterocycles. The highest BCUT2D eigenvalue weighted by Gasteiger charge is 2.21. The lowest BCUT2D eigenvalue weighted by Crippen LogP contribution is -2.40. The van der Waals surface area contributed by atoms with Gasteiger partial charge in [0.25, 0.3) is 5.91 Å². The topological polar surface area (TPSA) is 92.4 Å². The third-order valence-electron chi connectivity index (χ3n) is 3.14. The van der Waals surface area contributed by atoms with Gasteiger partial charge in [0.1, 0.15) is 0 Å². The van der Waals surface area contributed by atoms with E-state index in [-0.39, 0.29) is 18.2 Å². The number of carbonyl (C=O) groups excluding carboxylic acids is 1. The molecule has 0 saturated carbocycles. The van der Waals surface area contributed by atoms with Crippen LogP contribution in [0.15, 0.2) is 18.2 Å². The number of rotatable bonds is 5. The number of nitrogens with one attached hydrogen (secondary N) is 1. The Labute approximate surface area is 112 Å². The van der Waals surface area contributed by atoms with E-state index in [2.05, 4.69) is 5.32 Å². The van der Waals surface area contributed by atoms with E-state index in [1.165, 1.54) is 0 Å². The van der Waals surface area contributed by atoms with Crippen LogP contribution in [-0.2, 0) is 4.79 Å². The van der Waals surface area contributed by atoms with Crippen LogP contribution in [0.25, 0.3) is 0 Å². The van der Waals surface area contributed by atoms with E-state index in [0.29, 0.717) is 16.8 Å². The van der Waals surface area contributed by atoms with Gasteiger partial charge in [0, 0.05) is 17.3 Å². The van der Waals surface area contributed by atoms with Crippen molar-refractivity contribution in [2.75, 3.05) is 5.73 Å². The molecule has 1 unspecified atom stereocenters. The maximum atomic E-state index is 12.2.